The Morgan fingerprint density at radius 3 is 2.36 bits per heavy atom. The Bertz CT molecular complexity index is 299. The van der Waals surface area contributed by atoms with Crippen molar-refractivity contribution < 1.29 is 10.2 Å². The zero-order valence-corrected chi connectivity index (χ0v) is 9.46. The lowest BCUT2D eigenvalue weighted by Crippen LogP contribution is -2.43. The summed E-state index contributed by atoms with van der Waals surface area (Å²) in [6.45, 7) is 8.51. The molecule has 0 aromatic rings. The highest BCUT2D eigenvalue weighted by molar-refractivity contribution is 5.34. The Balaban J connectivity index is 2.53. The standard InChI is InChI=1S/C12H20O2/c1-11(2)6-9(14)7-5-8(13)10(11)12(7,3)4/h7,9,13-14H,5-6H2,1-4H3. The molecule has 0 saturated heterocycles. The molecule has 2 rings (SSSR count). The molecule has 1 fully saturated rings. The van der Waals surface area contributed by atoms with Gasteiger partial charge in [0.25, 0.3) is 0 Å². The first-order chi connectivity index (χ1) is 6.27. The van der Waals surface area contributed by atoms with Crippen LogP contribution in [0.1, 0.15) is 40.5 Å². The van der Waals surface area contributed by atoms with Crippen LogP contribution in [0.25, 0.3) is 0 Å². The Labute approximate surface area is 85.6 Å². The fourth-order valence-corrected chi connectivity index (χ4v) is 3.77. The van der Waals surface area contributed by atoms with Gasteiger partial charge in [0.1, 0.15) is 0 Å². The van der Waals surface area contributed by atoms with Crippen molar-refractivity contribution in [2.24, 2.45) is 16.7 Å². The van der Waals surface area contributed by atoms with Gasteiger partial charge in [-0.2, -0.15) is 0 Å². The third-order valence-electron chi connectivity index (χ3n) is 4.13. The average Bonchev–Trinajstić information content (AvgIpc) is 2.12. The summed E-state index contributed by atoms with van der Waals surface area (Å²) in [6, 6.07) is 0. The van der Waals surface area contributed by atoms with Crippen LogP contribution in [0.5, 0.6) is 0 Å². The number of allylic oxidation sites excluding steroid dienone is 2. The Morgan fingerprint density at radius 2 is 1.79 bits per heavy atom. The Hall–Kier alpha value is -0.500. The molecule has 0 aromatic carbocycles. The largest absolute Gasteiger partial charge is 0.512 e. The van der Waals surface area contributed by atoms with Gasteiger partial charge >= 0.3 is 0 Å². The average molecular weight is 196 g/mol. The van der Waals surface area contributed by atoms with Crippen molar-refractivity contribution in [2.45, 2.75) is 46.6 Å². The first-order valence-corrected chi connectivity index (χ1v) is 5.38. The molecule has 2 unspecified atom stereocenters. The van der Waals surface area contributed by atoms with Crippen molar-refractivity contribution in [3.05, 3.63) is 11.3 Å². The van der Waals surface area contributed by atoms with Crippen molar-refractivity contribution in [1.82, 2.24) is 0 Å². The molecule has 2 atom stereocenters. The van der Waals surface area contributed by atoms with Crippen molar-refractivity contribution in [1.29, 1.82) is 0 Å². The van der Waals surface area contributed by atoms with Crippen molar-refractivity contribution in [2.75, 3.05) is 0 Å². The minimum absolute atomic E-state index is 0.0365. The molecule has 0 aliphatic heterocycles. The molecule has 0 aromatic heterocycles. The molecule has 0 spiro atoms. The molecule has 1 saturated carbocycles. The van der Waals surface area contributed by atoms with Gasteiger partial charge in [-0.1, -0.05) is 27.7 Å². The van der Waals surface area contributed by atoms with E-state index in [-0.39, 0.29) is 22.9 Å². The minimum atomic E-state index is -0.270. The Kier molecular flexibility index (Phi) is 1.82. The molecule has 0 heterocycles. The summed E-state index contributed by atoms with van der Waals surface area (Å²) in [5, 5.41) is 20.0. The minimum Gasteiger partial charge on any atom is -0.512 e. The van der Waals surface area contributed by atoms with Crippen molar-refractivity contribution in [3.8, 4) is 0 Å². The highest BCUT2D eigenvalue weighted by atomic mass is 16.3. The second-order valence-corrected chi connectivity index (χ2v) is 6.01. The molecule has 0 radical (unpaired) electrons. The normalized spacial score (nSPS) is 38.9. The molecular weight excluding hydrogens is 176 g/mol. The summed E-state index contributed by atoms with van der Waals surface area (Å²) in [6.07, 6.45) is 1.17. The predicted octanol–water partition coefficient (Wildman–Crippen LogP) is 2.64. The summed E-state index contributed by atoms with van der Waals surface area (Å²) in [5.74, 6) is 0.743. The summed E-state index contributed by atoms with van der Waals surface area (Å²) in [5.41, 5.74) is 1.07. The highest BCUT2D eigenvalue weighted by Gasteiger charge is 2.55. The maximum absolute atomic E-state index is 10.0. The first-order valence-electron chi connectivity index (χ1n) is 5.38. The van der Waals surface area contributed by atoms with Crippen LogP contribution >= 0.6 is 0 Å². The van der Waals surface area contributed by atoms with Crippen LogP contribution in [0, 0.1) is 16.7 Å². The zero-order chi connectivity index (χ0) is 10.7. The fourth-order valence-electron chi connectivity index (χ4n) is 3.77. The van der Waals surface area contributed by atoms with Gasteiger partial charge in [0.05, 0.1) is 11.9 Å². The van der Waals surface area contributed by atoms with Gasteiger partial charge in [-0.3, -0.25) is 0 Å². The number of rotatable bonds is 0. The van der Waals surface area contributed by atoms with Crippen LogP contribution in [-0.4, -0.2) is 16.3 Å². The predicted molar refractivity (Wildman–Crippen MR) is 55.9 cm³/mol. The molecule has 80 valence electrons. The molecule has 2 aliphatic carbocycles. The smallest absolute Gasteiger partial charge is 0.0929 e. The fraction of sp³-hybridized carbons (Fsp3) is 0.833. The van der Waals surface area contributed by atoms with Gasteiger partial charge in [-0.25, -0.2) is 0 Å². The summed E-state index contributed by atoms with van der Waals surface area (Å²) in [7, 11) is 0. The van der Waals surface area contributed by atoms with Crippen LogP contribution in [-0.2, 0) is 0 Å². The summed E-state index contributed by atoms with van der Waals surface area (Å²) >= 11 is 0. The van der Waals surface area contributed by atoms with Gasteiger partial charge in [-0.05, 0) is 22.8 Å². The third kappa shape index (κ3) is 1.07. The molecule has 2 bridgehead atoms. The third-order valence-corrected chi connectivity index (χ3v) is 4.13. The quantitative estimate of drug-likeness (QED) is 0.625. The van der Waals surface area contributed by atoms with Crippen LogP contribution in [0.15, 0.2) is 11.3 Å². The van der Waals surface area contributed by atoms with Crippen molar-refractivity contribution in [3.63, 3.8) is 0 Å². The van der Waals surface area contributed by atoms with E-state index < -0.39 is 0 Å². The van der Waals surface area contributed by atoms with Gasteiger partial charge in [0, 0.05) is 12.3 Å². The molecule has 2 N–H and O–H groups in total. The molecule has 2 aliphatic rings. The lowest BCUT2D eigenvalue weighted by molar-refractivity contribution is -0.00389. The van der Waals surface area contributed by atoms with E-state index in [0.717, 1.165) is 6.42 Å². The van der Waals surface area contributed by atoms with E-state index in [4.69, 9.17) is 0 Å². The number of aliphatic hydroxyl groups excluding tert-OH is 2. The van der Waals surface area contributed by atoms with Gasteiger partial charge < -0.3 is 10.2 Å². The topological polar surface area (TPSA) is 40.5 Å². The second-order valence-electron chi connectivity index (χ2n) is 6.01. The van der Waals surface area contributed by atoms with E-state index in [0.29, 0.717) is 12.2 Å². The summed E-state index contributed by atoms with van der Waals surface area (Å²) < 4.78 is 0. The molecule has 2 heteroatoms. The van der Waals surface area contributed by atoms with E-state index in [1.54, 1.807) is 0 Å². The van der Waals surface area contributed by atoms with Crippen LogP contribution in [0.4, 0.5) is 0 Å². The molecule has 14 heavy (non-hydrogen) atoms. The van der Waals surface area contributed by atoms with E-state index >= 15 is 0 Å². The highest BCUT2D eigenvalue weighted by Crippen LogP contribution is 2.60. The second kappa shape index (κ2) is 2.54. The number of aliphatic hydroxyl groups is 2. The number of fused-ring (bicyclic) bond motifs is 2. The molecule has 2 nitrogen and oxygen atoms in total. The van der Waals surface area contributed by atoms with E-state index in [9.17, 15) is 10.2 Å². The maximum Gasteiger partial charge on any atom is 0.0929 e. The van der Waals surface area contributed by atoms with Gasteiger partial charge in [-0.15, -0.1) is 0 Å². The maximum atomic E-state index is 10.0. The van der Waals surface area contributed by atoms with Crippen LogP contribution < -0.4 is 0 Å². The van der Waals surface area contributed by atoms with Crippen molar-refractivity contribution >= 4 is 0 Å². The molecular formula is C12H20O2. The van der Waals surface area contributed by atoms with Gasteiger partial charge in [0.15, 0.2) is 0 Å². The lowest BCUT2D eigenvalue weighted by atomic mass is 9.59. The SMILES string of the molecule is CC1(C)CC(O)C2CC(O)=C1C2(C)C. The van der Waals surface area contributed by atoms with Gasteiger partial charge in [0.2, 0.25) is 0 Å². The van der Waals surface area contributed by atoms with E-state index in [1.807, 2.05) is 0 Å². The molecule has 0 amide bonds. The lowest BCUT2D eigenvalue weighted by Gasteiger charge is -2.47. The number of hydrogen-bond donors (Lipinski definition) is 2. The first kappa shape index (κ1) is 10.0. The van der Waals surface area contributed by atoms with Crippen LogP contribution in [0.3, 0.4) is 0 Å². The number of hydrogen-bond acceptors (Lipinski definition) is 2. The van der Waals surface area contributed by atoms with E-state index in [1.165, 1.54) is 5.57 Å². The van der Waals surface area contributed by atoms with E-state index in [2.05, 4.69) is 27.7 Å². The Morgan fingerprint density at radius 1 is 1.21 bits per heavy atom. The zero-order valence-electron chi connectivity index (χ0n) is 9.46. The summed E-state index contributed by atoms with van der Waals surface area (Å²) in [4.78, 5) is 0. The monoisotopic (exact) mass is 196 g/mol. The van der Waals surface area contributed by atoms with Crippen LogP contribution in [0.2, 0.25) is 0 Å².